The Morgan fingerprint density at radius 1 is 1.10 bits per heavy atom. The Kier molecular flexibility index (Phi) is 6.13. The van der Waals surface area contributed by atoms with E-state index in [1.165, 1.54) is 23.3 Å². The van der Waals surface area contributed by atoms with Gasteiger partial charge in [-0.15, -0.1) is 11.3 Å². The molecule has 1 saturated heterocycles. The van der Waals surface area contributed by atoms with Crippen LogP contribution in [0.15, 0.2) is 24.4 Å². The maximum absolute atomic E-state index is 13.0. The zero-order valence-corrected chi connectivity index (χ0v) is 17.7. The minimum atomic E-state index is -0.349. The van der Waals surface area contributed by atoms with Crippen molar-refractivity contribution >= 4 is 29.0 Å². The molecule has 3 heterocycles. The minimum Gasteiger partial charge on any atom is -0.462 e. The average Bonchev–Trinajstić information content (AvgIpc) is 3.03. The van der Waals surface area contributed by atoms with Gasteiger partial charge in [-0.3, -0.25) is 4.79 Å². The molecule has 1 fully saturated rings. The van der Waals surface area contributed by atoms with Gasteiger partial charge in [0.25, 0.3) is 5.91 Å². The normalized spacial score (nSPS) is 16.9. The van der Waals surface area contributed by atoms with Crippen LogP contribution in [0, 0.1) is 0 Å². The lowest BCUT2D eigenvalue weighted by Crippen LogP contribution is -2.35. The lowest BCUT2D eigenvalue weighted by Gasteiger charge is -2.22. The highest BCUT2D eigenvalue weighted by molar-refractivity contribution is 7.14. The molecule has 1 amide bonds. The molecule has 4 rings (SSSR count). The zero-order valence-electron chi connectivity index (χ0n) is 16.9. The maximum Gasteiger partial charge on any atom is 0.339 e. The third-order valence-electron chi connectivity index (χ3n) is 5.57. The highest BCUT2D eigenvalue weighted by atomic mass is 32.1. The number of anilines is 1. The Hall–Kier alpha value is -2.41. The third-order valence-corrected chi connectivity index (χ3v) is 6.80. The summed E-state index contributed by atoms with van der Waals surface area (Å²) in [5.74, 6) is 0.647. The molecule has 0 bridgehead atoms. The summed E-state index contributed by atoms with van der Waals surface area (Å²) >= 11 is 1.69. The van der Waals surface area contributed by atoms with Crippen molar-refractivity contribution in [3.05, 3.63) is 45.3 Å². The maximum atomic E-state index is 13.0. The van der Waals surface area contributed by atoms with E-state index in [9.17, 15) is 9.59 Å². The number of aromatic nitrogens is 1. The first-order valence-corrected chi connectivity index (χ1v) is 11.3. The number of carbonyl (C=O) groups is 2. The van der Waals surface area contributed by atoms with Gasteiger partial charge in [-0.2, -0.15) is 0 Å². The molecule has 0 atom stereocenters. The van der Waals surface area contributed by atoms with Crippen molar-refractivity contribution in [3.63, 3.8) is 0 Å². The van der Waals surface area contributed by atoms with E-state index < -0.39 is 0 Å². The van der Waals surface area contributed by atoms with Crippen LogP contribution in [0.5, 0.6) is 0 Å². The van der Waals surface area contributed by atoms with Crippen LogP contribution in [-0.4, -0.2) is 54.5 Å². The Morgan fingerprint density at radius 3 is 2.72 bits per heavy atom. The van der Waals surface area contributed by atoms with Crippen molar-refractivity contribution < 1.29 is 14.3 Å². The molecular weight excluding hydrogens is 386 g/mol. The quantitative estimate of drug-likeness (QED) is 0.718. The van der Waals surface area contributed by atoms with Crippen LogP contribution in [0.25, 0.3) is 0 Å². The van der Waals surface area contributed by atoms with Crippen LogP contribution in [-0.2, 0) is 17.6 Å². The molecule has 0 radical (unpaired) electrons. The highest BCUT2D eigenvalue weighted by Crippen LogP contribution is 2.30. The molecule has 6 nitrogen and oxygen atoms in total. The van der Waals surface area contributed by atoms with Gasteiger partial charge in [0.2, 0.25) is 0 Å². The fourth-order valence-corrected chi connectivity index (χ4v) is 5.23. The van der Waals surface area contributed by atoms with Gasteiger partial charge >= 0.3 is 5.97 Å². The molecule has 2 aromatic rings. The van der Waals surface area contributed by atoms with Gasteiger partial charge in [0.05, 0.1) is 17.0 Å². The summed E-state index contributed by atoms with van der Waals surface area (Å²) in [4.78, 5) is 35.7. The molecule has 2 aliphatic rings. The number of fused-ring (bicyclic) bond motifs is 1. The van der Waals surface area contributed by atoms with E-state index in [2.05, 4.69) is 16.0 Å². The van der Waals surface area contributed by atoms with E-state index in [-0.39, 0.29) is 11.9 Å². The topological polar surface area (TPSA) is 62.7 Å². The van der Waals surface area contributed by atoms with E-state index in [1.54, 1.807) is 30.5 Å². The van der Waals surface area contributed by atoms with E-state index in [0.717, 1.165) is 49.6 Å². The van der Waals surface area contributed by atoms with Crippen LogP contribution < -0.4 is 4.90 Å². The number of pyridine rings is 1. The number of hydrogen-bond donors (Lipinski definition) is 0. The number of esters is 1. The molecule has 0 spiro atoms. The van der Waals surface area contributed by atoms with Crippen molar-refractivity contribution in [1.29, 1.82) is 0 Å². The fraction of sp³-hybridized carbons (Fsp3) is 0.500. The Balaban J connectivity index is 1.39. The second-order valence-corrected chi connectivity index (χ2v) is 8.66. The second kappa shape index (κ2) is 8.95. The van der Waals surface area contributed by atoms with Crippen LogP contribution in [0.4, 0.5) is 5.82 Å². The van der Waals surface area contributed by atoms with Crippen LogP contribution in [0.1, 0.15) is 56.7 Å². The van der Waals surface area contributed by atoms with E-state index in [4.69, 9.17) is 4.74 Å². The summed E-state index contributed by atoms with van der Waals surface area (Å²) < 4.78 is 5.01. The average molecular weight is 414 g/mol. The summed E-state index contributed by atoms with van der Waals surface area (Å²) in [6.45, 7) is 5.17. The predicted octanol–water partition coefficient (Wildman–Crippen LogP) is 3.55. The van der Waals surface area contributed by atoms with E-state index in [0.29, 0.717) is 18.7 Å². The first-order chi connectivity index (χ1) is 14.2. The van der Waals surface area contributed by atoms with Gasteiger partial charge in [-0.25, -0.2) is 9.78 Å². The van der Waals surface area contributed by atoms with Gasteiger partial charge in [0, 0.05) is 37.3 Å². The summed E-state index contributed by atoms with van der Waals surface area (Å²) in [7, 11) is 0. The molecular formula is C22H27N3O3S. The predicted molar refractivity (Wildman–Crippen MR) is 114 cm³/mol. The van der Waals surface area contributed by atoms with Gasteiger partial charge in [-0.05, 0) is 62.8 Å². The number of rotatable bonds is 4. The smallest absolute Gasteiger partial charge is 0.339 e. The summed E-state index contributed by atoms with van der Waals surface area (Å²) in [5.41, 5.74) is 1.84. The first-order valence-electron chi connectivity index (χ1n) is 10.4. The van der Waals surface area contributed by atoms with Gasteiger partial charge in [0.1, 0.15) is 5.82 Å². The zero-order chi connectivity index (χ0) is 20.2. The molecule has 1 aliphatic carbocycles. The first kappa shape index (κ1) is 19.9. The fourth-order valence-electron chi connectivity index (χ4n) is 4.01. The lowest BCUT2D eigenvalue weighted by molar-refractivity contribution is 0.0525. The van der Waals surface area contributed by atoms with Crippen molar-refractivity contribution in [3.8, 4) is 0 Å². The molecule has 0 unspecified atom stereocenters. The number of ether oxygens (including phenoxy) is 1. The molecule has 0 saturated carbocycles. The van der Waals surface area contributed by atoms with Gasteiger partial charge in [0.15, 0.2) is 0 Å². The number of carbonyl (C=O) groups excluding carboxylic acids is 2. The lowest BCUT2D eigenvalue weighted by atomic mass is 9.99. The highest BCUT2D eigenvalue weighted by Gasteiger charge is 2.24. The molecule has 29 heavy (non-hydrogen) atoms. The largest absolute Gasteiger partial charge is 0.462 e. The van der Waals surface area contributed by atoms with Gasteiger partial charge in [-0.1, -0.05) is 0 Å². The minimum absolute atomic E-state index is 0.164. The third kappa shape index (κ3) is 4.45. The number of hydrogen-bond acceptors (Lipinski definition) is 6. The molecule has 0 N–H and O–H groups in total. The van der Waals surface area contributed by atoms with E-state index in [1.807, 2.05) is 11.0 Å². The van der Waals surface area contributed by atoms with Crippen LogP contribution in [0.3, 0.4) is 0 Å². The SMILES string of the molecule is CCOC(=O)c1ccc(N2CCCN(C(=O)c3cc4c(s3)CCCC4)CC2)nc1. The Labute approximate surface area is 175 Å². The molecule has 2 aromatic heterocycles. The van der Waals surface area contributed by atoms with Crippen molar-refractivity contribution in [2.24, 2.45) is 0 Å². The number of thiophene rings is 1. The molecule has 0 aromatic carbocycles. The summed E-state index contributed by atoms with van der Waals surface area (Å²) in [5, 5.41) is 0. The second-order valence-electron chi connectivity index (χ2n) is 7.52. The number of nitrogens with zero attached hydrogens (tertiary/aromatic N) is 3. The van der Waals surface area contributed by atoms with Crippen molar-refractivity contribution in [2.45, 2.75) is 39.0 Å². The molecule has 7 heteroatoms. The van der Waals surface area contributed by atoms with Gasteiger partial charge < -0.3 is 14.5 Å². The van der Waals surface area contributed by atoms with Crippen molar-refractivity contribution in [1.82, 2.24) is 9.88 Å². The molecule has 154 valence electrons. The Bertz CT molecular complexity index is 854. The number of amides is 1. The monoisotopic (exact) mass is 413 g/mol. The Morgan fingerprint density at radius 2 is 1.97 bits per heavy atom. The standard InChI is InChI=1S/C22H27N3O3S/c1-2-28-22(27)17-8-9-20(23-15-17)24-10-5-11-25(13-12-24)21(26)19-14-16-6-3-4-7-18(16)29-19/h8-9,14-15H,2-7,10-13H2,1H3. The summed E-state index contributed by atoms with van der Waals surface area (Å²) in [6.07, 6.45) is 7.17. The number of aryl methyl sites for hydroxylation is 2. The van der Waals surface area contributed by atoms with Crippen LogP contribution >= 0.6 is 11.3 Å². The van der Waals surface area contributed by atoms with Crippen molar-refractivity contribution in [2.75, 3.05) is 37.7 Å². The van der Waals surface area contributed by atoms with Crippen LogP contribution in [0.2, 0.25) is 0 Å². The van der Waals surface area contributed by atoms with E-state index >= 15 is 0 Å². The summed E-state index contributed by atoms with van der Waals surface area (Å²) in [6, 6.07) is 5.74. The molecule has 1 aliphatic heterocycles.